The van der Waals surface area contributed by atoms with Crippen LogP contribution in [0, 0.1) is 5.92 Å². The van der Waals surface area contributed by atoms with Crippen LogP contribution in [0.2, 0.25) is 0 Å². The molecular weight excluding hydrogens is 390 g/mol. The van der Waals surface area contributed by atoms with Crippen LogP contribution in [0.15, 0.2) is 60.8 Å². The van der Waals surface area contributed by atoms with E-state index in [0.29, 0.717) is 24.2 Å². The van der Waals surface area contributed by atoms with Gasteiger partial charge in [0.05, 0.1) is 29.2 Å². The predicted molar refractivity (Wildman–Crippen MR) is 118 cm³/mol. The molecule has 1 aromatic carbocycles. The molecule has 0 bridgehead atoms. The Morgan fingerprint density at radius 3 is 2.68 bits per heavy atom. The van der Waals surface area contributed by atoms with E-state index in [1.54, 1.807) is 6.07 Å². The number of aliphatic hydroxyl groups excluding tert-OH is 1. The normalized spacial score (nSPS) is 20.4. The van der Waals surface area contributed by atoms with E-state index in [-0.39, 0.29) is 5.92 Å². The first-order chi connectivity index (χ1) is 15.0. The van der Waals surface area contributed by atoms with Crippen molar-refractivity contribution in [3.8, 4) is 17.1 Å². The van der Waals surface area contributed by atoms with Gasteiger partial charge in [0.1, 0.15) is 0 Å². The Labute approximate surface area is 180 Å². The monoisotopic (exact) mass is 415 g/mol. The molecule has 0 spiro atoms. The zero-order chi connectivity index (χ0) is 21.6. The molecule has 158 valence electrons. The molecule has 1 aliphatic carbocycles. The zero-order valence-corrected chi connectivity index (χ0v) is 17.3. The minimum Gasteiger partial charge on any atom is -0.393 e. The Balaban J connectivity index is 1.54. The van der Waals surface area contributed by atoms with Crippen molar-refractivity contribution in [2.45, 2.75) is 38.0 Å². The van der Waals surface area contributed by atoms with Gasteiger partial charge in [0.25, 0.3) is 0 Å². The Kier molecular flexibility index (Phi) is 4.81. The maximum Gasteiger partial charge on any atom is 0.159 e. The molecule has 0 unspecified atom stereocenters. The molecule has 31 heavy (non-hydrogen) atoms. The lowest BCUT2D eigenvalue weighted by molar-refractivity contribution is -0.102. The van der Waals surface area contributed by atoms with E-state index in [4.69, 9.17) is 5.73 Å². The highest BCUT2D eigenvalue weighted by molar-refractivity contribution is 5.84. The fraction of sp³-hybridized carbons (Fsp3) is 0.292. The van der Waals surface area contributed by atoms with Crippen molar-refractivity contribution in [1.29, 1.82) is 0 Å². The average Bonchev–Trinajstić information content (AvgIpc) is 3.20. The molecule has 4 aromatic rings. The molecule has 4 N–H and O–H groups in total. The van der Waals surface area contributed by atoms with Crippen LogP contribution in [0.4, 0.5) is 0 Å². The molecule has 0 amide bonds. The number of hydrogen-bond donors (Lipinski definition) is 3. The largest absolute Gasteiger partial charge is 0.393 e. The van der Waals surface area contributed by atoms with E-state index >= 15 is 0 Å². The number of fused-ring (bicyclic) bond motifs is 1. The van der Waals surface area contributed by atoms with Crippen LogP contribution in [0.1, 0.15) is 31.2 Å². The molecule has 0 saturated heterocycles. The van der Waals surface area contributed by atoms with Gasteiger partial charge in [0.15, 0.2) is 11.5 Å². The van der Waals surface area contributed by atoms with Crippen LogP contribution in [0.25, 0.3) is 28.0 Å². The predicted octanol–water partition coefficient (Wildman–Crippen LogP) is 2.92. The summed E-state index contributed by atoms with van der Waals surface area (Å²) in [7, 11) is 0. The smallest absolute Gasteiger partial charge is 0.159 e. The summed E-state index contributed by atoms with van der Waals surface area (Å²) >= 11 is 0. The average molecular weight is 415 g/mol. The minimum absolute atomic E-state index is 0.203. The van der Waals surface area contributed by atoms with Gasteiger partial charge in [-0.1, -0.05) is 31.2 Å². The van der Waals surface area contributed by atoms with Gasteiger partial charge in [-0.2, -0.15) is 5.10 Å². The Morgan fingerprint density at radius 1 is 1.10 bits per heavy atom. The van der Waals surface area contributed by atoms with E-state index in [0.717, 1.165) is 34.4 Å². The van der Waals surface area contributed by atoms with Gasteiger partial charge in [-0.05, 0) is 49.6 Å². The van der Waals surface area contributed by atoms with E-state index in [2.05, 4.69) is 22.0 Å². The molecule has 1 atom stereocenters. The fourth-order valence-corrected chi connectivity index (χ4v) is 4.12. The summed E-state index contributed by atoms with van der Waals surface area (Å²) in [6, 6.07) is 17.4. The first-order valence-corrected chi connectivity index (χ1v) is 10.6. The van der Waals surface area contributed by atoms with Crippen molar-refractivity contribution in [1.82, 2.24) is 19.7 Å². The van der Waals surface area contributed by atoms with Crippen molar-refractivity contribution in [3.63, 3.8) is 0 Å². The highest BCUT2D eigenvalue weighted by Crippen LogP contribution is 2.39. The number of aromatic nitrogens is 4. The number of nitrogens with zero attached hydrogens (tertiary/aromatic N) is 4. The maximum atomic E-state index is 10.9. The summed E-state index contributed by atoms with van der Waals surface area (Å²) in [6.07, 6.45) is 3.24. The molecule has 1 fully saturated rings. The van der Waals surface area contributed by atoms with Gasteiger partial charge in [-0.3, -0.25) is 5.73 Å². The van der Waals surface area contributed by atoms with Crippen molar-refractivity contribution >= 4 is 10.9 Å². The van der Waals surface area contributed by atoms with Crippen LogP contribution in [0.5, 0.6) is 0 Å². The van der Waals surface area contributed by atoms with Crippen LogP contribution < -0.4 is 5.73 Å². The number of aryl methyl sites for hydroxylation is 1. The summed E-state index contributed by atoms with van der Waals surface area (Å²) in [4.78, 5) is 9.35. The quantitative estimate of drug-likeness (QED) is 0.432. The lowest BCUT2D eigenvalue weighted by Gasteiger charge is -2.41. The van der Waals surface area contributed by atoms with Gasteiger partial charge in [-0.15, -0.1) is 0 Å². The number of hydrogen-bond acceptors (Lipinski definition) is 6. The zero-order valence-electron chi connectivity index (χ0n) is 17.3. The van der Waals surface area contributed by atoms with Crippen molar-refractivity contribution in [2.75, 3.05) is 0 Å². The number of pyridine rings is 2. The maximum absolute atomic E-state index is 10.9. The summed E-state index contributed by atoms with van der Waals surface area (Å²) < 4.78 is 1.83. The minimum atomic E-state index is -1.56. The Morgan fingerprint density at radius 2 is 1.90 bits per heavy atom. The van der Waals surface area contributed by atoms with E-state index in [9.17, 15) is 10.2 Å². The lowest BCUT2D eigenvalue weighted by atomic mass is 9.74. The Hall–Kier alpha value is -3.13. The number of nitrogens with two attached hydrogens (primary N) is 1. The first kappa shape index (κ1) is 19.8. The molecule has 1 saturated carbocycles. The number of benzene rings is 1. The molecule has 3 heterocycles. The number of aliphatic hydroxyl groups is 2. The number of rotatable bonds is 5. The van der Waals surface area contributed by atoms with E-state index in [1.165, 1.54) is 0 Å². The SMILES string of the molecule is CCc1cccc(-n2ncc3ccc(-c4cccc([C@@](N)(O)C5CC(O)C5)n4)cc32)n1. The second kappa shape index (κ2) is 7.53. The van der Waals surface area contributed by atoms with Crippen LogP contribution in [-0.4, -0.2) is 36.1 Å². The second-order valence-corrected chi connectivity index (χ2v) is 8.23. The van der Waals surface area contributed by atoms with Gasteiger partial charge >= 0.3 is 0 Å². The third kappa shape index (κ3) is 3.50. The summed E-state index contributed by atoms with van der Waals surface area (Å²) in [5.41, 5.74) is 8.61. The molecule has 0 aliphatic heterocycles. The molecule has 7 heteroatoms. The van der Waals surface area contributed by atoms with Gasteiger partial charge in [0.2, 0.25) is 0 Å². The molecular formula is C24H25N5O2. The molecule has 0 radical (unpaired) electrons. The Bertz CT molecular complexity index is 1240. The van der Waals surface area contributed by atoms with E-state index < -0.39 is 11.8 Å². The third-order valence-corrected chi connectivity index (χ3v) is 6.13. The summed E-state index contributed by atoms with van der Waals surface area (Å²) in [5.74, 6) is 0.569. The van der Waals surface area contributed by atoms with Gasteiger partial charge in [0, 0.05) is 22.6 Å². The summed E-state index contributed by atoms with van der Waals surface area (Å²) in [6.45, 7) is 2.08. The summed E-state index contributed by atoms with van der Waals surface area (Å²) in [5, 5.41) is 26.0. The van der Waals surface area contributed by atoms with Crippen LogP contribution >= 0.6 is 0 Å². The van der Waals surface area contributed by atoms with Crippen molar-refractivity contribution in [2.24, 2.45) is 11.7 Å². The highest BCUT2D eigenvalue weighted by Gasteiger charge is 2.43. The highest BCUT2D eigenvalue weighted by atomic mass is 16.3. The first-order valence-electron chi connectivity index (χ1n) is 10.6. The lowest BCUT2D eigenvalue weighted by Crippen LogP contribution is -2.51. The molecule has 3 aromatic heterocycles. The second-order valence-electron chi connectivity index (χ2n) is 8.23. The third-order valence-electron chi connectivity index (χ3n) is 6.13. The van der Waals surface area contributed by atoms with Crippen molar-refractivity contribution < 1.29 is 10.2 Å². The van der Waals surface area contributed by atoms with E-state index in [1.807, 2.05) is 59.4 Å². The van der Waals surface area contributed by atoms with Crippen molar-refractivity contribution in [3.05, 3.63) is 72.2 Å². The fourth-order valence-electron chi connectivity index (χ4n) is 4.12. The van der Waals surface area contributed by atoms with Crippen LogP contribution in [0.3, 0.4) is 0 Å². The molecule has 1 aliphatic rings. The van der Waals surface area contributed by atoms with Crippen LogP contribution in [-0.2, 0) is 12.1 Å². The topological polar surface area (TPSA) is 110 Å². The van der Waals surface area contributed by atoms with Gasteiger partial charge in [-0.25, -0.2) is 14.6 Å². The standard InChI is InChI=1S/C24H25N5O2/c1-2-18-5-3-8-23(27-18)29-21-11-15(9-10-16(21)14-26-29)20-6-4-7-22(28-20)24(25,31)17-12-19(30)13-17/h3-11,14,17,19,30-31H,2,12-13,25H2,1H3/t17?,19?,24-/m0/s1. The molecule has 5 rings (SSSR count). The van der Waals surface area contributed by atoms with Gasteiger partial charge < -0.3 is 10.2 Å². The molecule has 7 nitrogen and oxygen atoms in total.